The number of H-pyrrole nitrogens is 1. The van der Waals surface area contributed by atoms with Crippen molar-refractivity contribution < 1.29 is 0 Å². The van der Waals surface area contributed by atoms with Crippen LogP contribution in [0.4, 0.5) is 11.6 Å². The van der Waals surface area contributed by atoms with E-state index < -0.39 is 0 Å². The van der Waals surface area contributed by atoms with Crippen LogP contribution in [0, 0.1) is 11.7 Å². The van der Waals surface area contributed by atoms with Crippen molar-refractivity contribution in [3.8, 4) is 0 Å². The lowest BCUT2D eigenvalue weighted by atomic mass is 10.2. The molecule has 19 heavy (non-hydrogen) atoms. The Bertz CT molecular complexity index is 622. The summed E-state index contributed by atoms with van der Waals surface area (Å²) >= 11 is 5.35. The smallest absolute Gasteiger partial charge is 0.230 e. The molecule has 4 nitrogen and oxygen atoms in total. The van der Waals surface area contributed by atoms with E-state index in [0.717, 1.165) is 23.0 Å². The van der Waals surface area contributed by atoms with E-state index in [9.17, 15) is 0 Å². The van der Waals surface area contributed by atoms with Crippen molar-refractivity contribution in [2.75, 3.05) is 11.4 Å². The van der Waals surface area contributed by atoms with Gasteiger partial charge in [0.1, 0.15) is 0 Å². The number of aromatic amines is 1. The van der Waals surface area contributed by atoms with Crippen LogP contribution in [0.2, 0.25) is 0 Å². The molecule has 1 heterocycles. The number of rotatable bonds is 4. The molecular formula is C14H18N4S. The highest BCUT2D eigenvalue weighted by Gasteiger charge is 2.29. The van der Waals surface area contributed by atoms with Crippen LogP contribution < -0.4 is 4.90 Å². The molecule has 1 N–H and O–H groups in total. The van der Waals surface area contributed by atoms with Crippen LogP contribution in [-0.4, -0.2) is 21.3 Å². The standard InChI is InChI=1S/C14H18N4S/c1-3-17(11-6-4-10(2)5-7-11)13-15-16-14(19)18(13)12-8-9-12/h4-7,12H,3,8-9H2,1-2H3,(H,16,19). The molecule has 5 heteroatoms. The summed E-state index contributed by atoms with van der Waals surface area (Å²) in [6, 6.07) is 9.05. The summed E-state index contributed by atoms with van der Waals surface area (Å²) in [7, 11) is 0. The third kappa shape index (κ3) is 2.30. The van der Waals surface area contributed by atoms with E-state index in [4.69, 9.17) is 12.2 Å². The van der Waals surface area contributed by atoms with Gasteiger partial charge >= 0.3 is 0 Å². The van der Waals surface area contributed by atoms with Gasteiger partial charge in [0.15, 0.2) is 4.77 Å². The lowest BCUT2D eigenvalue weighted by Crippen LogP contribution is -2.20. The Hall–Kier alpha value is -1.62. The first-order valence-electron chi connectivity index (χ1n) is 6.72. The molecule has 0 atom stereocenters. The maximum absolute atomic E-state index is 5.35. The van der Waals surface area contributed by atoms with Gasteiger partial charge in [-0.2, -0.15) is 0 Å². The molecule has 100 valence electrons. The van der Waals surface area contributed by atoms with E-state index in [0.29, 0.717) is 6.04 Å². The molecule has 1 aromatic carbocycles. The van der Waals surface area contributed by atoms with Crippen molar-refractivity contribution in [3.63, 3.8) is 0 Å². The van der Waals surface area contributed by atoms with Crippen LogP contribution in [0.25, 0.3) is 0 Å². The van der Waals surface area contributed by atoms with E-state index in [1.807, 2.05) is 0 Å². The topological polar surface area (TPSA) is 36.9 Å². The first-order chi connectivity index (χ1) is 9.20. The number of aromatic nitrogens is 3. The van der Waals surface area contributed by atoms with Gasteiger partial charge in [-0.15, -0.1) is 5.10 Å². The van der Waals surface area contributed by atoms with Crippen molar-refractivity contribution in [1.29, 1.82) is 0 Å². The summed E-state index contributed by atoms with van der Waals surface area (Å²) in [5, 5.41) is 7.35. The largest absolute Gasteiger partial charge is 0.311 e. The number of anilines is 2. The quantitative estimate of drug-likeness (QED) is 0.863. The van der Waals surface area contributed by atoms with Crippen molar-refractivity contribution in [2.45, 2.75) is 32.7 Å². The van der Waals surface area contributed by atoms with Gasteiger partial charge in [-0.3, -0.25) is 4.57 Å². The molecule has 0 bridgehead atoms. The van der Waals surface area contributed by atoms with Crippen LogP contribution in [-0.2, 0) is 0 Å². The Morgan fingerprint density at radius 1 is 1.37 bits per heavy atom. The minimum atomic E-state index is 0.528. The van der Waals surface area contributed by atoms with Crippen LogP contribution in [0.3, 0.4) is 0 Å². The highest BCUT2D eigenvalue weighted by atomic mass is 32.1. The van der Waals surface area contributed by atoms with Gasteiger partial charge < -0.3 is 4.90 Å². The molecule has 2 aromatic rings. The number of aryl methyl sites for hydroxylation is 1. The molecular weight excluding hydrogens is 256 g/mol. The van der Waals surface area contributed by atoms with Crippen LogP contribution in [0.5, 0.6) is 0 Å². The second kappa shape index (κ2) is 4.81. The summed E-state index contributed by atoms with van der Waals surface area (Å²) < 4.78 is 2.88. The number of hydrogen-bond acceptors (Lipinski definition) is 3. The Morgan fingerprint density at radius 3 is 2.63 bits per heavy atom. The highest BCUT2D eigenvalue weighted by molar-refractivity contribution is 7.71. The SMILES string of the molecule is CCN(c1ccc(C)cc1)c1n[nH]c(=S)n1C1CC1. The summed E-state index contributed by atoms with van der Waals surface area (Å²) in [6.45, 7) is 5.10. The van der Waals surface area contributed by atoms with Crippen molar-refractivity contribution >= 4 is 23.9 Å². The second-order valence-electron chi connectivity index (χ2n) is 5.01. The maximum Gasteiger partial charge on any atom is 0.230 e. The van der Waals surface area contributed by atoms with E-state index in [2.05, 4.69) is 57.8 Å². The van der Waals surface area contributed by atoms with Crippen molar-refractivity contribution in [1.82, 2.24) is 14.8 Å². The molecule has 0 aliphatic heterocycles. The summed E-state index contributed by atoms with van der Waals surface area (Å²) in [4.78, 5) is 2.20. The Balaban J connectivity index is 2.03. The number of benzene rings is 1. The third-order valence-electron chi connectivity index (χ3n) is 3.50. The predicted octanol–water partition coefficient (Wildman–Crippen LogP) is 3.74. The molecule has 1 aromatic heterocycles. The van der Waals surface area contributed by atoms with E-state index in [-0.39, 0.29) is 0 Å². The maximum atomic E-state index is 5.35. The average molecular weight is 274 g/mol. The zero-order valence-electron chi connectivity index (χ0n) is 11.3. The molecule has 0 spiro atoms. The second-order valence-corrected chi connectivity index (χ2v) is 5.40. The number of nitrogens with one attached hydrogen (secondary N) is 1. The summed E-state index contributed by atoms with van der Waals surface area (Å²) in [6.07, 6.45) is 2.40. The predicted molar refractivity (Wildman–Crippen MR) is 79.5 cm³/mol. The first kappa shape index (κ1) is 12.4. The molecule has 1 aliphatic carbocycles. The normalized spacial score (nSPS) is 14.6. The summed E-state index contributed by atoms with van der Waals surface area (Å²) in [5.41, 5.74) is 2.42. The average Bonchev–Trinajstić information content (AvgIpc) is 3.17. The van der Waals surface area contributed by atoms with Gasteiger partial charge in [-0.1, -0.05) is 17.7 Å². The molecule has 1 fully saturated rings. The van der Waals surface area contributed by atoms with E-state index in [1.165, 1.54) is 18.4 Å². The van der Waals surface area contributed by atoms with Crippen LogP contribution in [0.15, 0.2) is 24.3 Å². The number of hydrogen-bond donors (Lipinski definition) is 1. The molecule has 0 unspecified atom stereocenters. The van der Waals surface area contributed by atoms with E-state index >= 15 is 0 Å². The van der Waals surface area contributed by atoms with Crippen molar-refractivity contribution in [2.24, 2.45) is 0 Å². The Kier molecular flexibility index (Phi) is 3.14. The monoisotopic (exact) mass is 274 g/mol. The van der Waals surface area contributed by atoms with Crippen LogP contribution in [0.1, 0.15) is 31.4 Å². The van der Waals surface area contributed by atoms with Crippen LogP contribution >= 0.6 is 12.2 Å². The minimum absolute atomic E-state index is 0.528. The first-order valence-corrected chi connectivity index (χ1v) is 7.12. The fourth-order valence-corrected chi connectivity index (χ4v) is 2.59. The van der Waals surface area contributed by atoms with Gasteiger partial charge in [0.2, 0.25) is 5.95 Å². The molecule has 0 amide bonds. The molecule has 3 rings (SSSR count). The van der Waals surface area contributed by atoms with Crippen molar-refractivity contribution in [3.05, 3.63) is 34.6 Å². The fraction of sp³-hybridized carbons (Fsp3) is 0.429. The lowest BCUT2D eigenvalue weighted by Gasteiger charge is -2.22. The lowest BCUT2D eigenvalue weighted by molar-refractivity contribution is 0.714. The van der Waals surface area contributed by atoms with Gasteiger partial charge in [0.05, 0.1) is 0 Å². The Morgan fingerprint density at radius 2 is 2.05 bits per heavy atom. The zero-order valence-corrected chi connectivity index (χ0v) is 12.1. The molecule has 1 saturated carbocycles. The molecule has 1 aliphatic rings. The van der Waals surface area contributed by atoms with Gasteiger partial charge in [0.25, 0.3) is 0 Å². The zero-order chi connectivity index (χ0) is 13.4. The summed E-state index contributed by atoms with van der Waals surface area (Å²) in [5.74, 6) is 0.929. The number of nitrogens with zero attached hydrogens (tertiary/aromatic N) is 3. The molecule has 0 saturated heterocycles. The highest BCUT2D eigenvalue weighted by Crippen LogP contribution is 2.39. The molecule has 0 radical (unpaired) electrons. The Labute approximate surface area is 118 Å². The van der Waals surface area contributed by atoms with Gasteiger partial charge in [0, 0.05) is 18.3 Å². The third-order valence-corrected chi connectivity index (χ3v) is 3.79. The van der Waals surface area contributed by atoms with E-state index in [1.54, 1.807) is 0 Å². The van der Waals surface area contributed by atoms with Gasteiger partial charge in [-0.25, -0.2) is 5.10 Å². The van der Waals surface area contributed by atoms with Gasteiger partial charge in [-0.05, 0) is 51.0 Å². The minimum Gasteiger partial charge on any atom is -0.311 e. The fourth-order valence-electron chi connectivity index (χ4n) is 2.31.